The first-order valence-electron chi connectivity index (χ1n) is 9.60. The van der Waals surface area contributed by atoms with Crippen molar-refractivity contribution in [1.82, 2.24) is 4.57 Å². The molecule has 31 heavy (non-hydrogen) atoms. The van der Waals surface area contributed by atoms with Gasteiger partial charge in [0.15, 0.2) is 5.78 Å². The second-order valence-corrected chi connectivity index (χ2v) is 7.10. The molecule has 0 aliphatic rings. The largest absolute Gasteiger partial charge is 0.311 e. The van der Waals surface area contributed by atoms with Gasteiger partial charge >= 0.3 is 0 Å². The van der Waals surface area contributed by atoms with Crippen molar-refractivity contribution >= 4 is 28.4 Å². The number of carbonyl (C=O) groups is 1. The number of allylic oxidation sites excluding steroid dienone is 1. The first kappa shape index (κ1) is 20.0. The number of nitro groups is 1. The van der Waals surface area contributed by atoms with Crippen molar-refractivity contribution in [2.75, 3.05) is 0 Å². The molecule has 6 heteroatoms. The molecule has 1 aromatic heterocycles. The lowest BCUT2D eigenvalue weighted by atomic mass is 10.0. The Hall–Kier alpha value is -4.32. The molecular weight excluding hydrogens is 392 g/mol. The fourth-order valence-corrected chi connectivity index (χ4v) is 3.42. The van der Waals surface area contributed by atoms with Crippen LogP contribution in [0.25, 0.3) is 28.1 Å². The van der Waals surface area contributed by atoms with Gasteiger partial charge in [0, 0.05) is 30.3 Å². The minimum absolute atomic E-state index is 0.00102. The number of hydrogen-bond acceptors (Lipinski definition) is 4. The van der Waals surface area contributed by atoms with Crippen LogP contribution in [0.1, 0.15) is 15.9 Å². The Morgan fingerprint density at radius 2 is 1.65 bits per heavy atom. The molecule has 4 rings (SSSR count). The van der Waals surface area contributed by atoms with Gasteiger partial charge in [-0.15, -0.1) is 0 Å². The monoisotopic (exact) mass is 410 g/mol. The molecule has 6 nitrogen and oxygen atoms in total. The number of nitrogens with zero attached hydrogens (tertiary/aromatic N) is 2. The number of benzene rings is 3. The highest BCUT2D eigenvalue weighted by molar-refractivity contribution is 6.07. The smallest absolute Gasteiger partial charge is 0.269 e. The molecule has 4 aromatic rings. The summed E-state index contributed by atoms with van der Waals surface area (Å²) in [5, 5.41) is 11.7. The number of nitro benzene ring substituents is 1. The Labute approximate surface area is 177 Å². The lowest BCUT2D eigenvalue weighted by molar-refractivity contribution is -0.384. The van der Waals surface area contributed by atoms with Crippen molar-refractivity contribution in [1.29, 1.82) is 0 Å². The van der Waals surface area contributed by atoms with Gasteiger partial charge in [-0.1, -0.05) is 48.5 Å². The van der Waals surface area contributed by atoms with Crippen LogP contribution in [0.15, 0.2) is 89.7 Å². The number of hydrogen-bond donors (Lipinski definition) is 0. The fourth-order valence-electron chi connectivity index (χ4n) is 3.42. The van der Waals surface area contributed by atoms with E-state index in [1.54, 1.807) is 54.1 Å². The summed E-state index contributed by atoms with van der Waals surface area (Å²) < 4.78 is 1.62. The van der Waals surface area contributed by atoms with Gasteiger partial charge in [0.1, 0.15) is 0 Å². The van der Waals surface area contributed by atoms with E-state index in [-0.39, 0.29) is 17.0 Å². The summed E-state index contributed by atoms with van der Waals surface area (Å²) >= 11 is 0. The van der Waals surface area contributed by atoms with Gasteiger partial charge in [0.25, 0.3) is 11.2 Å². The lowest BCUT2D eigenvalue weighted by Gasteiger charge is -2.09. The molecule has 0 aliphatic heterocycles. The Morgan fingerprint density at radius 1 is 0.968 bits per heavy atom. The normalized spacial score (nSPS) is 11.1. The average Bonchev–Trinajstić information content (AvgIpc) is 2.80. The molecule has 0 unspecified atom stereocenters. The maximum Gasteiger partial charge on any atom is 0.269 e. The van der Waals surface area contributed by atoms with Crippen LogP contribution in [0.4, 0.5) is 5.69 Å². The number of ketones is 1. The van der Waals surface area contributed by atoms with E-state index in [1.165, 1.54) is 18.2 Å². The van der Waals surface area contributed by atoms with E-state index >= 15 is 0 Å². The molecule has 3 aromatic carbocycles. The molecule has 0 saturated heterocycles. The van der Waals surface area contributed by atoms with Crippen molar-refractivity contribution < 1.29 is 9.72 Å². The maximum atomic E-state index is 12.8. The highest BCUT2D eigenvalue weighted by Crippen LogP contribution is 2.21. The van der Waals surface area contributed by atoms with E-state index in [0.717, 1.165) is 16.5 Å². The van der Waals surface area contributed by atoms with Crippen LogP contribution in [0.3, 0.4) is 0 Å². The van der Waals surface area contributed by atoms with Gasteiger partial charge in [-0.05, 0) is 46.9 Å². The molecule has 0 radical (unpaired) electrons. The number of fused-ring (bicyclic) bond motifs is 1. The second-order valence-electron chi connectivity index (χ2n) is 7.10. The molecule has 0 fully saturated rings. The molecule has 0 bridgehead atoms. The molecule has 152 valence electrons. The number of para-hydroxylation sites is 1. The third-order valence-electron chi connectivity index (χ3n) is 5.14. The molecule has 0 aliphatic carbocycles. The van der Waals surface area contributed by atoms with Crippen LogP contribution < -0.4 is 5.56 Å². The molecule has 0 N–H and O–H groups in total. The second kappa shape index (κ2) is 8.20. The quantitative estimate of drug-likeness (QED) is 0.200. The molecule has 0 saturated carbocycles. The summed E-state index contributed by atoms with van der Waals surface area (Å²) in [6, 6.07) is 22.4. The summed E-state index contributed by atoms with van der Waals surface area (Å²) in [7, 11) is 1.75. The number of aryl methyl sites for hydroxylation is 1. The van der Waals surface area contributed by atoms with Gasteiger partial charge < -0.3 is 4.57 Å². The van der Waals surface area contributed by atoms with Gasteiger partial charge in [0.2, 0.25) is 0 Å². The van der Waals surface area contributed by atoms with Gasteiger partial charge in [-0.2, -0.15) is 0 Å². The van der Waals surface area contributed by atoms with E-state index in [0.29, 0.717) is 16.7 Å². The van der Waals surface area contributed by atoms with Crippen molar-refractivity contribution in [2.24, 2.45) is 7.05 Å². The zero-order valence-corrected chi connectivity index (χ0v) is 16.7. The number of pyridine rings is 1. The predicted octanol–water partition coefficient (Wildman–Crippen LogP) is 5.01. The number of rotatable bonds is 5. The van der Waals surface area contributed by atoms with Crippen molar-refractivity contribution in [3.8, 4) is 11.1 Å². The van der Waals surface area contributed by atoms with Gasteiger partial charge in [-0.25, -0.2) is 0 Å². The maximum absolute atomic E-state index is 12.8. The zero-order chi connectivity index (χ0) is 22.0. The van der Waals surface area contributed by atoms with Crippen LogP contribution in [-0.4, -0.2) is 15.3 Å². The average molecular weight is 410 g/mol. The topological polar surface area (TPSA) is 82.2 Å². The van der Waals surface area contributed by atoms with Crippen LogP contribution in [-0.2, 0) is 7.05 Å². The lowest BCUT2D eigenvalue weighted by Crippen LogP contribution is -2.18. The van der Waals surface area contributed by atoms with Crippen LogP contribution >= 0.6 is 0 Å². The number of aromatic nitrogens is 1. The van der Waals surface area contributed by atoms with Crippen molar-refractivity contribution in [2.45, 2.75) is 0 Å². The highest BCUT2D eigenvalue weighted by Gasteiger charge is 2.10. The van der Waals surface area contributed by atoms with E-state index in [9.17, 15) is 19.7 Å². The van der Waals surface area contributed by atoms with Gasteiger partial charge in [-0.3, -0.25) is 19.7 Å². The summed E-state index contributed by atoms with van der Waals surface area (Å²) in [6.45, 7) is 0. The van der Waals surface area contributed by atoms with Crippen LogP contribution in [0.5, 0.6) is 0 Å². The summed E-state index contributed by atoms with van der Waals surface area (Å²) in [6.07, 6.45) is 3.03. The van der Waals surface area contributed by atoms with E-state index < -0.39 is 4.92 Å². The van der Waals surface area contributed by atoms with E-state index in [4.69, 9.17) is 0 Å². The zero-order valence-electron chi connectivity index (χ0n) is 16.7. The van der Waals surface area contributed by atoms with Crippen molar-refractivity contribution in [3.05, 3.63) is 117 Å². The SMILES string of the molecule is Cn1c(=O)c(-c2ccc(C(=O)C=Cc3ccc([N+](=O)[O-])cc3)cc2)cc2ccccc21. The van der Waals surface area contributed by atoms with E-state index in [1.807, 2.05) is 30.3 Å². The molecule has 0 amide bonds. The minimum Gasteiger partial charge on any atom is -0.311 e. The summed E-state index contributed by atoms with van der Waals surface area (Å²) in [5.41, 5.74) is 3.24. The third kappa shape index (κ3) is 4.04. The molecule has 1 heterocycles. The molecule has 0 spiro atoms. The summed E-state index contributed by atoms with van der Waals surface area (Å²) in [4.78, 5) is 35.5. The Morgan fingerprint density at radius 3 is 2.32 bits per heavy atom. The highest BCUT2D eigenvalue weighted by atomic mass is 16.6. The Bertz CT molecular complexity index is 1380. The van der Waals surface area contributed by atoms with Gasteiger partial charge in [0.05, 0.1) is 10.4 Å². The summed E-state index contributed by atoms with van der Waals surface area (Å²) in [5.74, 6) is -0.198. The standard InChI is InChI=1S/C25H18N2O4/c1-26-23-5-3-2-4-20(23)16-22(25(26)29)18-9-11-19(12-10-18)24(28)15-8-17-6-13-21(14-7-17)27(30)31/h2-16H,1H3. The molecule has 0 atom stereocenters. The van der Waals surface area contributed by atoms with E-state index in [2.05, 4.69) is 0 Å². The van der Waals surface area contributed by atoms with Crippen LogP contribution in [0, 0.1) is 10.1 Å². The van der Waals surface area contributed by atoms with Crippen LogP contribution in [0.2, 0.25) is 0 Å². The Balaban J connectivity index is 1.57. The Kier molecular flexibility index (Phi) is 5.28. The third-order valence-corrected chi connectivity index (χ3v) is 5.14. The first-order valence-corrected chi connectivity index (χ1v) is 9.60. The first-order chi connectivity index (χ1) is 14.9. The number of carbonyl (C=O) groups excluding carboxylic acids is 1. The number of non-ortho nitro benzene ring substituents is 1. The fraction of sp³-hybridized carbons (Fsp3) is 0.0400. The van der Waals surface area contributed by atoms with Crippen molar-refractivity contribution in [3.63, 3.8) is 0 Å². The minimum atomic E-state index is -0.469. The predicted molar refractivity (Wildman–Crippen MR) is 121 cm³/mol. The molecular formula is C25H18N2O4.